The van der Waals surface area contributed by atoms with Crippen molar-refractivity contribution in [2.45, 2.75) is 25.0 Å². The van der Waals surface area contributed by atoms with E-state index >= 15 is 0 Å². The van der Waals surface area contributed by atoms with Crippen molar-refractivity contribution in [2.24, 2.45) is 0 Å². The molecule has 11 nitrogen and oxygen atoms in total. The van der Waals surface area contributed by atoms with Crippen molar-refractivity contribution in [1.82, 2.24) is 30.6 Å². The molecule has 0 bridgehead atoms. The molecule has 29 heavy (non-hydrogen) atoms. The third-order valence-electron chi connectivity index (χ3n) is 4.90. The van der Waals surface area contributed by atoms with Crippen LogP contribution in [0.5, 0.6) is 5.88 Å². The molecule has 2 amide bonds. The summed E-state index contributed by atoms with van der Waals surface area (Å²) in [5.41, 5.74) is 6.99. The van der Waals surface area contributed by atoms with Crippen LogP contribution in [0.4, 0.5) is 16.7 Å². The van der Waals surface area contributed by atoms with Crippen LogP contribution in [0, 0.1) is 0 Å². The second kappa shape index (κ2) is 8.43. The maximum atomic E-state index is 11.4. The van der Waals surface area contributed by atoms with E-state index in [1.807, 2.05) is 0 Å². The van der Waals surface area contributed by atoms with Gasteiger partial charge in [0.05, 0.1) is 18.9 Å². The molecule has 0 unspecified atom stereocenters. The van der Waals surface area contributed by atoms with Gasteiger partial charge in [-0.1, -0.05) is 0 Å². The summed E-state index contributed by atoms with van der Waals surface area (Å²) in [6.07, 6.45) is 4.70. The SMILES string of the molecule is CNC(=O)NC1CC(Oc2cc(-c3cnc(N)nc3)nc(N3CCOCC3)n2)C1. The molecule has 2 aromatic heterocycles. The quantitative estimate of drug-likeness (QED) is 0.641. The number of carbonyl (C=O) groups is 1. The van der Waals surface area contributed by atoms with E-state index in [9.17, 15) is 4.79 Å². The van der Waals surface area contributed by atoms with Crippen LogP contribution in [0.1, 0.15) is 12.8 Å². The molecule has 0 spiro atoms. The fourth-order valence-electron chi connectivity index (χ4n) is 3.20. The van der Waals surface area contributed by atoms with Gasteiger partial charge in [-0.15, -0.1) is 0 Å². The normalized spacial score (nSPS) is 21.2. The van der Waals surface area contributed by atoms with E-state index in [1.54, 1.807) is 25.5 Å². The Balaban J connectivity index is 1.52. The second-order valence-electron chi connectivity index (χ2n) is 6.95. The molecule has 154 valence electrons. The summed E-state index contributed by atoms with van der Waals surface area (Å²) in [6, 6.07) is 1.69. The molecule has 1 aliphatic carbocycles. The third kappa shape index (κ3) is 4.62. The van der Waals surface area contributed by atoms with Gasteiger partial charge in [0.15, 0.2) is 0 Å². The minimum atomic E-state index is -0.185. The average Bonchev–Trinajstić information content (AvgIpc) is 2.73. The molecule has 2 aromatic rings. The predicted octanol–water partition coefficient (Wildman–Crippen LogP) is 0.191. The zero-order chi connectivity index (χ0) is 20.2. The molecule has 2 aliphatic rings. The van der Waals surface area contributed by atoms with Gasteiger partial charge in [0.1, 0.15) is 6.10 Å². The molecular weight excluding hydrogens is 376 g/mol. The van der Waals surface area contributed by atoms with Crippen molar-refractivity contribution >= 4 is 17.9 Å². The molecule has 2 fully saturated rings. The summed E-state index contributed by atoms with van der Waals surface area (Å²) in [5, 5.41) is 5.43. The van der Waals surface area contributed by atoms with Gasteiger partial charge in [-0.2, -0.15) is 4.98 Å². The van der Waals surface area contributed by atoms with Crippen LogP contribution >= 0.6 is 0 Å². The predicted molar refractivity (Wildman–Crippen MR) is 106 cm³/mol. The Bertz CT molecular complexity index is 851. The number of aromatic nitrogens is 4. The number of anilines is 2. The van der Waals surface area contributed by atoms with Gasteiger partial charge in [-0.05, 0) is 0 Å². The van der Waals surface area contributed by atoms with Crippen molar-refractivity contribution in [2.75, 3.05) is 44.0 Å². The smallest absolute Gasteiger partial charge is 0.314 e. The Hall–Kier alpha value is -3.21. The number of rotatable bonds is 5. The van der Waals surface area contributed by atoms with E-state index in [1.165, 1.54) is 0 Å². The third-order valence-corrected chi connectivity index (χ3v) is 4.90. The second-order valence-corrected chi connectivity index (χ2v) is 6.95. The van der Waals surface area contributed by atoms with Gasteiger partial charge in [0.2, 0.25) is 17.8 Å². The lowest BCUT2D eigenvalue weighted by Gasteiger charge is -2.35. The lowest BCUT2D eigenvalue weighted by molar-refractivity contribution is 0.0840. The molecule has 1 saturated heterocycles. The maximum Gasteiger partial charge on any atom is 0.314 e. The van der Waals surface area contributed by atoms with E-state index in [0.717, 1.165) is 18.4 Å². The lowest BCUT2D eigenvalue weighted by atomic mass is 9.89. The fourth-order valence-corrected chi connectivity index (χ4v) is 3.20. The highest BCUT2D eigenvalue weighted by molar-refractivity contribution is 5.73. The monoisotopic (exact) mass is 400 g/mol. The molecule has 11 heteroatoms. The summed E-state index contributed by atoms with van der Waals surface area (Å²) in [6.45, 7) is 2.68. The molecule has 0 aromatic carbocycles. The number of ether oxygens (including phenoxy) is 2. The number of hydrogen-bond donors (Lipinski definition) is 3. The first-order chi connectivity index (χ1) is 14.1. The average molecular weight is 400 g/mol. The summed E-state index contributed by atoms with van der Waals surface area (Å²) in [5.74, 6) is 1.27. The van der Waals surface area contributed by atoms with Gasteiger partial charge in [-0.3, -0.25) is 0 Å². The van der Waals surface area contributed by atoms with Gasteiger partial charge in [0, 0.05) is 63.0 Å². The van der Waals surface area contributed by atoms with E-state index in [4.69, 9.17) is 15.2 Å². The van der Waals surface area contributed by atoms with Crippen LogP contribution in [0.3, 0.4) is 0 Å². The van der Waals surface area contributed by atoms with Gasteiger partial charge >= 0.3 is 6.03 Å². The standard InChI is InChI=1S/C18H24N8O3/c1-20-18(27)23-12-6-13(7-12)29-15-8-14(11-9-21-16(19)22-10-11)24-17(25-15)26-2-4-28-5-3-26/h8-10,12-13H,2-7H2,1H3,(H2,19,21,22)(H2,20,23,27). The number of nitrogen functional groups attached to an aromatic ring is 1. The number of morpholine rings is 1. The van der Waals surface area contributed by atoms with Crippen LogP contribution < -0.4 is 26.0 Å². The minimum absolute atomic E-state index is 0.0138. The van der Waals surface area contributed by atoms with Gasteiger partial charge in [-0.25, -0.2) is 19.7 Å². The number of amides is 2. The largest absolute Gasteiger partial charge is 0.474 e. The van der Waals surface area contributed by atoms with E-state index < -0.39 is 0 Å². The number of nitrogens with two attached hydrogens (primary N) is 1. The summed E-state index contributed by atoms with van der Waals surface area (Å²) >= 11 is 0. The highest BCUT2D eigenvalue weighted by Crippen LogP contribution is 2.29. The van der Waals surface area contributed by atoms with E-state index in [-0.39, 0.29) is 24.1 Å². The summed E-state index contributed by atoms with van der Waals surface area (Å²) in [7, 11) is 1.60. The van der Waals surface area contributed by atoms with Crippen molar-refractivity contribution in [3.05, 3.63) is 18.5 Å². The highest BCUT2D eigenvalue weighted by Gasteiger charge is 2.32. The van der Waals surface area contributed by atoms with E-state index in [0.29, 0.717) is 43.8 Å². The lowest BCUT2D eigenvalue weighted by Crippen LogP contribution is -2.51. The van der Waals surface area contributed by atoms with Crippen LogP contribution in [0.15, 0.2) is 18.5 Å². The molecule has 1 saturated carbocycles. The van der Waals surface area contributed by atoms with E-state index in [2.05, 4.69) is 35.5 Å². The van der Waals surface area contributed by atoms with Crippen LogP contribution in [0.25, 0.3) is 11.3 Å². The highest BCUT2D eigenvalue weighted by atomic mass is 16.5. The van der Waals surface area contributed by atoms with Gasteiger partial charge in [0.25, 0.3) is 0 Å². The number of nitrogens with zero attached hydrogens (tertiary/aromatic N) is 5. The van der Waals surface area contributed by atoms with Gasteiger partial charge < -0.3 is 30.7 Å². The van der Waals surface area contributed by atoms with Crippen LogP contribution in [0.2, 0.25) is 0 Å². The van der Waals surface area contributed by atoms with Crippen molar-refractivity contribution in [3.8, 4) is 17.1 Å². The minimum Gasteiger partial charge on any atom is -0.474 e. The van der Waals surface area contributed by atoms with Crippen LogP contribution in [-0.4, -0.2) is 71.5 Å². The topological polar surface area (TPSA) is 140 Å². The molecule has 3 heterocycles. The van der Waals surface area contributed by atoms with Crippen molar-refractivity contribution in [3.63, 3.8) is 0 Å². The Morgan fingerprint density at radius 2 is 1.97 bits per heavy atom. The molecule has 4 rings (SSSR count). The molecule has 0 radical (unpaired) electrons. The Morgan fingerprint density at radius 1 is 1.24 bits per heavy atom. The molecule has 0 atom stereocenters. The first-order valence-electron chi connectivity index (χ1n) is 9.55. The zero-order valence-corrected chi connectivity index (χ0v) is 16.2. The Morgan fingerprint density at radius 3 is 2.66 bits per heavy atom. The Labute approximate surface area is 168 Å². The zero-order valence-electron chi connectivity index (χ0n) is 16.2. The van der Waals surface area contributed by atoms with Crippen molar-refractivity contribution in [1.29, 1.82) is 0 Å². The Kier molecular flexibility index (Phi) is 5.56. The number of carbonyl (C=O) groups excluding carboxylic acids is 1. The molecule has 1 aliphatic heterocycles. The molecule has 4 N–H and O–H groups in total. The first kappa shape index (κ1) is 19.1. The number of nitrogens with one attached hydrogen (secondary N) is 2. The number of urea groups is 1. The van der Waals surface area contributed by atoms with Crippen LogP contribution in [-0.2, 0) is 4.74 Å². The summed E-state index contributed by atoms with van der Waals surface area (Å²) in [4.78, 5) is 30.8. The fraction of sp³-hybridized carbons (Fsp3) is 0.500. The molecular formula is C18H24N8O3. The first-order valence-corrected chi connectivity index (χ1v) is 9.55. The van der Waals surface area contributed by atoms with Crippen molar-refractivity contribution < 1.29 is 14.3 Å². The maximum absolute atomic E-state index is 11.4. The number of hydrogen-bond acceptors (Lipinski definition) is 9. The summed E-state index contributed by atoms with van der Waals surface area (Å²) < 4.78 is 11.5.